The Morgan fingerprint density at radius 3 is 2.87 bits per heavy atom. The highest BCUT2D eigenvalue weighted by atomic mass is 16.5. The van der Waals surface area contributed by atoms with E-state index in [4.69, 9.17) is 4.74 Å². The summed E-state index contributed by atoms with van der Waals surface area (Å²) in [5, 5.41) is 27.2. The van der Waals surface area contributed by atoms with Gasteiger partial charge in [-0.2, -0.15) is 10.4 Å². The molecule has 4 heterocycles. The number of pyridine rings is 2. The van der Waals surface area contributed by atoms with Gasteiger partial charge in [0.15, 0.2) is 0 Å². The van der Waals surface area contributed by atoms with Crippen molar-refractivity contribution in [2.24, 2.45) is 0 Å². The van der Waals surface area contributed by atoms with E-state index in [1.54, 1.807) is 30.8 Å². The minimum Gasteiger partial charge on any atom is -0.489 e. The first-order chi connectivity index (χ1) is 14.4. The second kappa shape index (κ2) is 8.30. The SMILES string of the molecule is CC(C)(O)COc1cc(-c2ccc(N3CCCNCC3)nc2)c2c(C#N)cnn2c1. The van der Waals surface area contributed by atoms with Crippen LogP contribution in [0.2, 0.25) is 0 Å². The Bertz CT molecular complexity index is 1050. The molecule has 3 aromatic heterocycles. The van der Waals surface area contributed by atoms with Crippen LogP contribution in [0.4, 0.5) is 5.82 Å². The molecule has 0 saturated carbocycles. The summed E-state index contributed by atoms with van der Waals surface area (Å²) in [5.41, 5.74) is 1.93. The monoisotopic (exact) mass is 406 g/mol. The third-order valence-corrected chi connectivity index (χ3v) is 5.02. The Labute approximate surface area is 175 Å². The number of anilines is 1. The molecule has 1 aliphatic rings. The molecule has 0 unspecified atom stereocenters. The number of hydrogen-bond acceptors (Lipinski definition) is 7. The molecule has 3 aromatic rings. The fourth-order valence-electron chi connectivity index (χ4n) is 3.55. The summed E-state index contributed by atoms with van der Waals surface area (Å²) >= 11 is 0. The van der Waals surface area contributed by atoms with E-state index in [1.807, 2.05) is 24.4 Å². The summed E-state index contributed by atoms with van der Waals surface area (Å²) in [6, 6.07) is 8.11. The molecule has 0 aliphatic carbocycles. The zero-order chi connectivity index (χ0) is 21.1. The minimum absolute atomic E-state index is 0.143. The average molecular weight is 406 g/mol. The van der Waals surface area contributed by atoms with Crippen molar-refractivity contribution in [2.75, 3.05) is 37.7 Å². The van der Waals surface area contributed by atoms with Gasteiger partial charge in [0.05, 0.1) is 29.1 Å². The highest BCUT2D eigenvalue weighted by Gasteiger charge is 2.18. The van der Waals surface area contributed by atoms with Crippen molar-refractivity contribution in [3.63, 3.8) is 0 Å². The fraction of sp³-hybridized carbons (Fsp3) is 0.409. The van der Waals surface area contributed by atoms with E-state index in [9.17, 15) is 10.4 Å². The molecule has 0 aromatic carbocycles. The van der Waals surface area contributed by atoms with Gasteiger partial charge in [-0.3, -0.25) is 0 Å². The van der Waals surface area contributed by atoms with Crippen LogP contribution in [0, 0.1) is 11.3 Å². The Balaban J connectivity index is 1.71. The maximum absolute atomic E-state index is 9.99. The quantitative estimate of drug-likeness (QED) is 0.670. The van der Waals surface area contributed by atoms with E-state index in [-0.39, 0.29) is 6.61 Å². The summed E-state index contributed by atoms with van der Waals surface area (Å²) in [6.45, 7) is 7.41. The first-order valence-corrected chi connectivity index (χ1v) is 10.1. The zero-order valence-electron chi connectivity index (χ0n) is 17.3. The van der Waals surface area contributed by atoms with Gasteiger partial charge in [-0.25, -0.2) is 9.50 Å². The predicted molar refractivity (Wildman–Crippen MR) is 115 cm³/mol. The van der Waals surface area contributed by atoms with Gasteiger partial charge < -0.3 is 20.1 Å². The van der Waals surface area contributed by atoms with Crippen molar-refractivity contribution in [1.82, 2.24) is 19.9 Å². The number of fused-ring (bicyclic) bond motifs is 1. The molecule has 0 atom stereocenters. The van der Waals surface area contributed by atoms with E-state index in [2.05, 4.69) is 26.4 Å². The zero-order valence-corrected chi connectivity index (χ0v) is 17.3. The van der Waals surface area contributed by atoms with Crippen LogP contribution in [-0.2, 0) is 0 Å². The van der Waals surface area contributed by atoms with Crippen molar-refractivity contribution in [3.8, 4) is 22.9 Å². The molecular formula is C22H26N6O2. The highest BCUT2D eigenvalue weighted by molar-refractivity contribution is 5.85. The lowest BCUT2D eigenvalue weighted by Gasteiger charge is -2.21. The summed E-state index contributed by atoms with van der Waals surface area (Å²) in [6.07, 6.45) is 6.19. The molecule has 0 bridgehead atoms. The van der Waals surface area contributed by atoms with Gasteiger partial charge in [-0.15, -0.1) is 0 Å². The highest BCUT2D eigenvalue weighted by Crippen LogP contribution is 2.31. The first-order valence-electron chi connectivity index (χ1n) is 10.1. The molecule has 0 spiro atoms. The van der Waals surface area contributed by atoms with Gasteiger partial charge in [-0.05, 0) is 45.0 Å². The van der Waals surface area contributed by atoms with Crippen LogP contribution in [0.25, 0.3) is 16.6 Å². The van der Waals surface area contributed by atoms with E-state index in [0.29, 0.717) is 16.8 Å². The van der Waals surface area contributed by atoms with Crippen LogP contribution < -0.4 is 15.0 Å². The predicted octanol–water partition coefficient (Wildman–Crippen LogP) is 2.22. The number of nitriles is 1. The molecule has 8 heteroatoms. The normalized spacial score (nSPS) is 15.1. The lowest BCUT2D eigenvalue weighted by Crippen LogP contribution is -2.28. The van der Waals surface area contributed by atoms with Crippen molar-refractivity contribution in [3.05, 3.63) is 42.4 Å². The Morgan fingerprint density at radius 1 is 1.27 bits per heavy atom. The van der Waals surface area contributed by atoms with Crippen LogP contribution >= 0.6 is 0 Å². The number of hydrogen-bond donors (Lipinski definition) is 2. The molecule has 4 rings (SSSR count). The third kappa shape index (κ3) is 4.37. The molecule has 1 aliphatic heterocycles. The lowest BCUT2D eigenvalue weighted by atomic mass is 10.1. The third-order valence-electron chi connectivity index (χ3n) is 5.02. The van der Waals surface area contributed by atoms with E-state index in [0.717, 1.165) is 49.5 Å². The van der Waals surface area contributed by atoms with Crippen molar-refractivity contribution >= 4 is 11.3 Å². The van der Waals surface area contributed by atoms with Gasteiger partial charge in [-0.1, -0.05) is 0 Å². The van der Waals surface area contributed by atoms with E-state index >= 15 is 0 Å². The van der Waals surface area contributed by atoms with Crippen LogP contribution in [0.5, 0.6) is 5.75 Å². The van der Waals surface area contributed by atoms with Crippen LogP contribution in [0.15, 0.2) is 36.8 Å². The van der Waals surface area contributed by atoms with Crippen molar-refractivity contribution in [2.45, 2.75) is 25.9 Å². The van der Waals surface area contributed by atoms with Crippen molar-refractivity contribution < 1.29 is 9.84 Å². The molecule has 1 fully saturated rings. The van der Waals surface area contributed by atoms with Crippen LogP contribution in [0.3, 0.4) is 0 Å². The average Bonchev–Trinajstić information content (AvgIpc) is 2.95. The largest absolute Gasteiger partial charge is 0.489 e. The van der Waals surface area contributed by atoms with Gasteiger partial charge in [0.25, 0.3) is 0 Å². The van der Waals surface area contributed by atoms with Crippen LogP contribution in [-0.4, -0.2) is 58.1 Å². The van der Waals surface area contributed by atoms with Crippen LogP contribution in [0.1, 0.15) is 25.8 Å². The fourth-order valence-corrected chi connectivity index (χ4v) is 3.55. The summed E-state index contributed by atoms with van der Waals surface area (Å²) in [7, 11) is 0. The second-order valence-electron chi connectivity index (χ2n) is 8.15. The van der Waals surface area contributed by atoms with Gasteiger partial charge in [0.1, 0.15) is 24.2 Å². The number of rotatable bonds is 5. The number of ether oxygens (including phenoxy) is 1. The number of nitrogens with zero attached hydrogens (tertiary/aromatic N) is 5. The minimum atomic E-state index is -0.956. The molecule has 0 amide bonds. The van der Waals surface area contributed by atoms with Gasteiger partial charge >= 0.3 is 0 Å². The smallest absolute Gasteiger partial charge is 0.138 e. The van der Waals surface area contributed by atoms with Crippen molar-refractivity contribution in [1.29, 1.82) is 5.26 Å². The molecule has 156 valence electrons. The maximum atomic E-state index is 9.99. The first kappa shape index (κ1) is 20.1. The number of nitrogens with one attached hydrogen (secondary N) is 1. The second-order valence-corrected chi connectivity index (χ2v) is 8.15. The summed E-state index contributed by atoms with van der Waals surface area (Å²) < 4.78 is 7.43. The molecule has 30 heavy (non-hydrogen) atoms. The Hall–Kier alpha value is -3.15. The molecule has 1 saturated heterocycles. The summed E-state index contributed by atoms with van der Waals surface area (Å²) in [4.78, 5) is 6.97. The molecule has 8 nitrogen and oxygen atoms in total. The van der Waals surface area contributed by atoms with Gasteiger partial charge in [0, 0.05) is 37.0 Å². The topological polar surface area (TPSA) is 98.7 Å². The standard InChI is InChI=1S/C22H26N6O2/c1-22(2,29)15-30-18-10-19(21-17(11-23)13-26-28(21)14-18)16-4-5-20(25-12-16)27-8-3-6-24-7-9-27/h4-5,10,12-14,24,29H,3,6-9,15H2,1-2H3. The summed E-state index contributed by atoms with van der Waals surface area (Å²) in [5.74, 6) is 1.51. The van der Waals surface area contributed by atoms with E-state index < -0.39 is 5.60 Å². The molecule has 0 radical (unpaired) electrons. The maximum Gasteiger partial charge on any atom is 0.138 e. The molecular weight excluding hydrogens is 380 g/mol. The lowest BCUT2D eigenvalue weighted by molar-refractivity contribution is 0.0283. The Kier molecular flexibility index (Phi) is 5.57. The van der Waals surface area contributed by atoms with Gasteiger partial charge in [0.2, 0.25) is 0 Å². The number of aromatic nitrogens is 3. The van der Waals surface area contributed by atoms with E-state index in [1.165, 1.54) is 0 Å². The number of aliphatic hydroxyl groups is 1. The molecule has 2 N–H and O–H groups in total. The Morgan fingerprint density at radius 2 is 2.13 bits per heavy atom.